The number of hydrogen-bond donors (Lipinski definition) is 2. The van der Waals surface area contributed by atoms with Gasteiger partial charge in [-0.15, -0.1) is 0 Å². The Hall–Kier alpha value is -2.18. The topological polar surface area (TPSA) is 84.7 Å². The first-order valence-corrected chi connectivity index (χ1v) is 4.90. The zero-order chi connectivity index (χ0) is 11.5. The van der Waals surface area contributed by atoms with E-state index in [1.54, 1.807) is 24.9 Å². The summed E-state index contributed by atoms with van der Waals surface area (Å²) in [5, 5.41) is 4.83. The number of carbonyl (C=O) groups is 1. The first-order chi connectivity index (χ1) is 7.72. The molecule has 16 heavy (non-hydrogen) atoms. The van der Waals surface area contributed by atoms with Gasteiger partial charge in [0.2, 0.25) is 5.91 Å². The number of nitrogens with one attached hydrogen (secondary N) is 2. The molecule has 0 bridgehead atoms. The highest BCUT2D eigenvalue weighted by molar-refractivity contribution is 5.87. The molecule has 0 aliphatic rings. The Balaban J connectivity index is 2.27. The summed E-state index contributed by atoms with van der Waals surface area (Å²) in [6, 6.07) is 0. The van der Waals surface area contributed by atoms with Gasteiger partial charge in [0.05, 0.1) is 11.6 Å². The summed E-state index contributed by atoms with van der Waals surface area (Å²) in [6.07, 6.45) is 3.48. The Morgan fingerprint density at radius 3 is 3.06 bits per heavy atom. The molecule has 84 valence electrons. The van der Waals surface area contributed by atoms with Crippen molar-refractivity contribution >= 4 is 22.8 Å². The maximum absolute atomic E-state index is 11.1. The molecular formula is C9H12N6O. The van der Waals surface area contributed by atoms with Gasteiger partial charge in [0.25, 0.3) is 0 Å². The number of hydrazine groups is 1. The molecule has 2 aromatic heterocycles. The number of nitrogens with zero attached hydrogens (tertiary/aromatic N) is 4. The minimum Gasteiger partial charge on any atom is -0.281 e. The second kappa shape index (κ2) is 4.13. The van der Waals surface area contributed by atoms with E-state index < -0.39 is 0 Å². The Kier molecular flexibility index (Phi) is 2.67. The van der Waals surface area contributed by atoms with Crippen LogP contribution in [0.1, 0.15) is 13.3 Å². The lowest BCUT2D eigenvalue weighted by Gasteiger charge is -2.06. The lowest BCUT2D eigenvalue weighted by molar-refractivity contribution is -0.120. The van der Waals surface area contributed by atoms with Crippen molar-refractivity contribution in [1.29, 1.82) is 0 Å². The molecule has 2 N–H and O–H groups in total. The summed E-state index contributed by atoms with van der Waals surface area (Å²) < 4.78 is 1.64. The van der Waals surface area contributed by atoms with Gasteiger partial charge in [-0.1, -0.05) is 6.92 Å². The second-order valence-electron chi connectivity index (χ2n) is 3.25. The maximum atomic E-state index is 11.1. The van der Waals surface area contributed by atoms with Crippen LogP contribution in [0.4, 0.5) is 5.82 Å². The Labute approximate surface area is 91.9 Å². The number of hydrogen-bond acceptors (Lipinski definition) is 5. The highest BCUT2D eigenvalue weighted by Crippen LogP contribution is 2.16. The van der Waals surface area contributed by atoms with Crippen LogP contribution in [0.5, 0.6) is 0 Å². The summed E-state index contributed by atoms with van der Waals surface area (Å²) >= 11 is 0. The zero-order valence-corrected chi connectivity index (χ0v) is 9.06. The van der Waals surface area contributed by atoms with Crippen molar-refractivity contribution in [1.82, 2.24) is 25.2 Å². The van der Waals surface area contributed by atoms with Gasteiger partial charge in [0, 0.05) is 13.5 Å². The normalized spacial score (nSPS) is 10.4. The van der Waals surface area contributed by atoms with Crippen molar-refractivity contribution in [3.05, 3.63) is 12.5 Å². The van der Waals surface area contributed by atoms with Gasteiger partial charge >= 0.3 is 0 Å². The van der Waals surface area contributed by atoms with Crippen LogP contribution in [0.3, 0.4) is 0 Å². The minimum absolute atomic E-state index is 0.101. The average Bonchev–Trinajstić information content (AvgIpc) is 2.69. The molecule has 0 aliphatic carbocycles. The first-order valence-electron chi connectivity index (χ1n) is 4.90. The van der Waals surface area contributed by atoms with Gasteiger partial charge in [-0.05, 0) is 0 Å². The molecule has 0 radical (unpaired) electrons. The third-order valence-electron chi connectivity index (χ3n) is 2.17. The van der Waals surface area contributed by atoms with Crippen molar-refractivity contribution < 1.29 is 4.79 Å². The van der Waals surface area contributed by atoms with E-state index in [0.717, 1.165) is 5.39 Å². The van der Waals surface area contributed by atoms with Gasteiger partial charge in [0.1, 0.15) is 6.33 Å². The van der Waals surface area contributed by atoms with Gasteiger partial charge < -0.3 is 0 Å². The smallest absolute Gasteiger partial charge is 0.238 e. The molecule has 0 atom stereocenters. The standard InChI is InChI=1S/C9H12N6O/c1-3-7(16)13-14-8-6-4-12-15(2)9(6)11-5-10-8/h4-5H,3H2,1-2H3,(H,13,16)(H,10,11,14). The SMILES string of the molecule is CCC(=O)NNc1ncnc2c1cnn2C. The molecule has 2 aromatic rings. The third kappa shape index (κ3) is 1.79. The van der Waals surface area contributed by atoms with Crippen LogP contribution >= 0.6 is 0 Å². The number of anilines is 1. The first kappa shape index (κ1) is 10.3. The van der Waals surface area contributed by atoms with Crippen LogP contribution in [0.2, 0.25) is 0 Å². The maximum Gasteiger partial charge on any atom is 0.238 e. The van der Waals surface area contributed by atoms with E-state index in [9.17, 15) is 4.79 Å². The largest absolute Gasteiger partial charge is 0.281 e. The molecule has 7 heteroatoms. The fourth-order valence-electron chi connectivity index (χ4n) is 1.28. The van der Waals surface area contributed by atoms with E-state index in [1.165, 1.54) is 6.33 Å². The molecule has 2 rings (SSSR count). The van der Waals surface area contributed by atoms with Crippen LogP contribution in [0.15, 0.2) is 12.5 Å². The molecule has 0 unspecified atom stereocenters. The molecule has 0 aromatic carbocycles. The third-order valence-corrected chi connectivity index (χ3v) is 2.17. The molecule has 0 spiro atoms. The van der Waals surface area contributed by atoms with Gasteiger partial charge in [-0.2, -0.15) is 5.10 Å². The number of amides is 1. The summed E-state index contributed by atoms with van der Waals surface area (Å²) in [6.45, 7) is 1.77. The predicted octanol–water partition coefficient (Wildman–Crippen LogP) is 0.216. The second-order valence-corrected chi connectivity index (χ2v) is 3.25. The van der Waals surface area contributed by atoms with E-state index in [2.05, 4.69) is 25.9 Å². The molecule has 7 nitrogen and oxygen atoms in total. The Morgan fingerprint density at radius 2 is 2.31 bits per heavy atom. The lowest BCUT2D eigenvalue weighted by Crippen LogP contribution is -2.29. The zero-order valence-electron chi connectivity index (χ0n) is 9.06. The fourth-order valence-corrected chi connectivity index (χ4v) is 1.28. The minimum atomic E-state index is -0.101. The van der Waals surface area contributed by atoms with E-state index in [4.69, 9.17) is 0 Å². The van der Waals surface area contributed by atoms with Crippen LogP contribution in [-0.4, -0.2) is 25.7 Å². The average molecular weight is 220 g/mol. The molecule has 0 saturated heterocycles. The summed E-state index contributed by atoms with van der Waals surface area (Å²) in [4.78, 5) is 19.2. The molecular weight excluding hydrogens is 208 g/mol. The molecule has 0 fully saturated rings. The predicted molar refractivity (Wildman–Crippen MR) is 58.4 cm³/mol. The van der Waals surface area contributed by atoms with Crippen molar-refractivity contribution in [2.75, 3.05) is 5.43 Å². The fraction of sp³-hybridized carbons (Fsp3) is 0.333. The quantitative estimate of drug-likeness (QED) is 0.722. The molecule has 0 saturated carbocycles. The highest BCUT2D eigenvalue weighted by atomic mass is 16.2. The van der Waals surface area contributed by atoms with Crippen molar-refractivity contribution in [2.24, 2.45) is 7.05 Å². The van der Waals surface area contributed by atoms with E-state index in [-0.39, 0.29) is 5.91 Å². The summed E-state index contributed by atoms with van der Waals surface area (Å²) in [5.41, 5.74) is 5.99. The van der Waals surface area contributed by atoms with Gasteiger partial charge in [0.15, 0.2) is 11.5 Å². The summed E-state index contributed by atoms with van der Waals surface area (Å²) in [5.74, 6) is 0.440. The lowest BCUT2D eigenvalue weighted by atomic mass is 10.4. The van der Waals surface area contributed by atoms with Crippen molar-refractivity contribution in [3.8, 4) is 0 Å². The monoisotopic (exact) mass is 220 g/mol. The number of carbonyl (C=O) groups excluding carboxylic acids is 1. The van der Waals surface area contributed by atoms with E-state index in [0.29, 0.717) is 17.9 Å². The number of rotatable bonds is 3. The molecule has 0 aliphatic heterocycles. The van der Waals surface area contributed by atoms with E-state index >= 15 is 0 Å². The van der Waals surface area contributed by atoms with Gasteiger partial charge in [-0.25, -0.2) is 9.97 Å². The number of aryl methyl sites for hydroxylation is 1. The number of fused-ring (bicyclic) bond motifs is 1. The van der Waals surface area contributed by atoms with Crippen molar-refractivity contribution in [2.45, 2.75) is 13.3 Å². The highest BCUT2D eigenvalue weighted by Gasteiger charge is 2.07. The van der Waals surface area contributed by atoms with Crippen LogP contribution in [0.25, 0.3) is 11.0 Å². The number of aromatic nitrogens is 4. The van der Waals surface area contributed by atoms with Crippen LogP contribution in [-0.2, 0) is 11.8 Å². The summed E-state index contributed by atoms with van der Waals surface area (Å²) in [7, 11) is 1.80. The van der Waals surface area contributed by atoms with Gasteiger partial charge in [-0.3, -0.25) is 20.3 Å². The van der Waals surface area contributed by atoms with Crippen molar-refractivity contribution in [3.63, 3.8) is 0 Å². The van der Waals surface area contributed by atoms with Crippen LogP contribution < -0.4 is 10.9 Å². The molecule has 1 amide bonds. The van der Waals surface area contributed by atoms with Crippen LogP contribution in [0, 0.1) is 0 Å². The Bertz CT molecular complexity index is 520. The van der Waals surface area contributed by atoms with E-state index in [1.807, 2.05) is 0 Å². The molecule has 2 heterocycles. The Morgan fingerprint density at radius 1 is 1.50 bits per heavy atom.